The monoisotopic (exact) mass is 493 g/mol. The molecule has 28 heavy (non-hydrogen) atoms. The molecule has 1 aromatic carbocycles. The molecule has 0 spiro atoms. The molecule has 0 amide bonds. The molecule has 2 aromatic rings. The van der Waals surface area contributed by atoms with Crippen LogP contribution in [0.25, 0.3) is 0 Å². The van der Waals surface area contributed by atoms with Gasteiger partial charge in [-0.3, -0.25) is 0 Å². The number of ketones is 1. The van der Waals surface area contributed by atoms with Crippen molar-refractivity contribution in [3.8, 4) is 0 Å². The van der Waals surface area contributed by atoms with Crippen molar-refractivity contribution in [2.75, 3.05) is 4.43 Å². The number of halogens is 2. The molecule has 2 fully saturated rings. The number of aromatic nitrogens is 1. The van der Waals surface area contributed by atoms with Crippen molar-refractivity contribution in [1.29, 1.82) is 0 Å². The molecule has 0 saturated heterocycles. The van der Waals surface area contributed by atoms with Gasteiger partial charge in [0.05, 0.1) is 0 Å². The van der Waals surface area contributed by atoms with Crippen molar-refractivity contribution < 1.29 is 30.7 Å². The van der Waals surface area contributed by atoms with E-state index in [1.165, 1.54) is 30.5 Å². The van der Waals surface area contributed by atoms with Crippen LogP contribution in [0.4, 0.5) is 4.39 Å². The molecule has 0 aliphatic heterocycles. The number of hydrogen-bond donors (Lipinski definition) is 1. The number of alkyl halides is 1. The molecule has 4 rings (SSSR count). The molecule has 150 valence electrons. The van der Waals surface area contributed by atoms with Crippen LogP contribution in [0.2, 0.25) is 0 Å². The quantitative estimate of drug-likeness (QED) is 0.277. The van der Waals surface area contributed by atoms with E-state index in [2.05, 4.69) is 12.1 Å². The van der Waals surface area contributed by atoms with E-state index >= 15 is 0 Å². The molecule has 1 heterocycles. The van der Waals surface area contributed by atoms with E-state index in [1.807, 2.05) is 12.1 Å². The Hall–Kier alpha value is -1.34. The fourth-order valence-corrected chi connectivity index (χ4v) is 5.20. The average molecular weight is 493 g/mol. The van der Waals surface area contributed by atoms with Gasteiger partial charge < -0.3 is 0 Å². The van der Waals surface area contributed by atoms with Gasteiger partial charge in [-0.1, -0.05) is 0 Å². The number of nitrogens with zero attached hydrogens (tertiary/aromatic N) is 1. The Labute approximate surface area is 176 Å². The second kappa shape index (κ2) is 8.99. The van der Waals surface area contributed by atoms with E-state index in [9.17, 15) is 9.18 Å². The summed E-state index contributed by atoms with van der Waals surface area (Å²) >= 11 is -0.244. The number of aryl methyl sites for hydroxylation is 1. The Morgan fingerprint density at radius 2 is 1.68 bits per heavy atom. The van der Waals surface area contributed by atoms with Crippen LogP contribution in [0.5, 0.6) is 0 Å². The number of rotatable bonds is 7. The topological polar surface area (TPSA) is 56.0 Å². The summed E-state index contributed by atoms with van der Waals surface area (Å²) in [4.78, 5) is 18.1. The zero-order chi connectivity index (χ0) is 19.5. The second-order valence-corrected chi connectivity index (χ2v) is 10.0. The summed E-state index contributed by atoms with van der Waals surface area (Å²) in [6.45, 7) is 0. The Bertz CT molecular complexity index is 827. The number of hydrogen-bond acceptors (Lipinski definition) is 3. The number of nitrogens with two attached hydrogens (primary N) is 1. The zero-order valence-corrected chi connectivity index (χ0v) is 18.2. The summed E-state index contributed by atoms with van der Waals surface area (Å²) in [5.41, 5.74) is 4.10. The molecule has 5 heteroatoms. The molecule has 0 bridgehead atoms. The molecule has 2 aliphatic carbocycles. The van der Waals surface area contributed by atoms with Crippen LogP contribution in [-0.2, 0) is 6.42 Å². The fourth-order valence-electron chi connectivity index (χ4n) is 4.34. The number of carbonyl (C=O) groups excluding carboxylic acids is 1. The Morgan fingerprint density at radius 3 is 2.32 bits per heavy atom. The van der Waals surface area contributed by atoms with Gasteiger partial charge in [-0.15, -0.1) is 0 Å². The normalized spacial score (nSPS) is 22.4. The van der Waals surface area contributed by atoms with Gasteiger partial charge in [0.15, 0.2) is 0 Å². The standard InChI is InChI=1S/C23H27FIN2O/c24-19-9-7-16(8-10-19)15-1-5-18(6-2-15)23(28)22-21(17-3-4-17)12-11-20(27-22)13-14-25-26/h7-12,15,17-18H,1-6,13-14,26H2/q-1. The van der Waals surface area contributed by atoms with E-state index in [-0.39, 0.29) is 39.0 Å². The van der Waals surface area contributed by atoms with Crippen molar-refractivity contribution >= 4 is 5.78 Å². The molecule has 0 atom stereocenters. The van der Waals surface area contributed by atoms with Crippen LogP contribution in [-0.4, -0.2) is 15.2 Å². The number of pyridine rings is 1. The van der Waals surface area contributed by atoms with Gasteiger partial charge in [-0.25, -0.2) is 4.39 Å². The minimum absolute atomic E-state index is 0.0684. The molecule has 2 saturated carbocycles. The van der Waals surface area contributed by atoms with Crippen LogP contribution < -0.4 is 25.4 Å². The molecule has 0 radical (unpaired) electrons. The van der Waals surface area contributed by atoms with E-state index in [0.29, 0.717) is 11.8 Å². The van der Waals surface area contributed by atoms with Crippen LogP contribution in [0.15, 0.2) is 36.4 Å². The molecule has 2 N–H and O–H groups in total. The third kappa shape index (κ3) is 4.62. The van der Waals surface area contributed by atoms with Crippen molar-refractivity contribution in [2.24, 2.45) is 9.86 Å². The van der Waals surface area contributed by atoms with E-state index < -0.39 is 0 Å². The molecule has 0 unspecified atom stereocenters. The van der Waals surface area contributed by atoms with Crippen LogP contribution in [0, 0.1) is 11.7 Å². The summed E-state index contributed by atoms with van der Waals surface area (Å²) in [6, 6.07) is 11.1. The molecular formula is C23H27FIN2O-. The van der Waals surface area contributed by atoms with Crippen LogP contribution in [0.3, 0.4) is 0 Å². The summed E-state index contributed by atoms with van der Waals surface area (Å²) < 4.78 is 19.9. The third-order valence-electron chi connectivity index (χ3n) is 6.13. The van der Waals surface area contributed by atoms with Gasteiger partial charge in [-0.05, 0) is 12.1 Å². The first kappa shape index (κ1) is 20.0. The van der Waals surface area contributed by atoms with Gasteiger partial charge in [0.2, 0.25) is 0 Å². The minimum atomic E-state index is -0.244. The predicted octanol–water partition coefficient (Wildman–Crippen LogP) is 1.76. The Kier molecular flexibility index (Phi) is 6.41. The first-order valence-corrected chi connectivity index (χ1v) is 13.0. The summed E-state index contributed by atoms with van der Waals surface area (Å²) in [7, 11) is 0. The summed E-state index contributed by atoms with van der Waals surface area (Å²) in [5, 5.41) is 0. The summed E-state index contributed by atoms with van der Waals surface area (Å²) in [5.74, 6) is 1.07. The van der Waals surface area contributed by atoms with Crippen molar-refractivity contribution in [3.63, 3.8) is 0 Å². The Balaban J connectivity index is 1.46. The molecule has 1 aromatic heterocycles. The Morgan fingerprint density at radius 1 is 1.00 bits per heavy atom. The van der Waals surface area contributed by atoms with E-state index in [4.69, 9.17) is 8.93 Å². The SMILES string of the molecule is N[I-]CCc1ccc(C2CC2)c(C(=O)C2CCC(c3ccc(F)cc3)CC2)n1. The van der Waals surface area contributed by atoms with Crippen molar-refractivity contribution in [1.82, 2.24) is 4.98 Å². The first-order valence-electron chi connectivity index (χ1n) is 10.2. The average Bonchev–Trinajstić information content (AvgIpc) is 3.57. The van der Waals surface area contributed by atoms with Gasteiger partial charge in [0.1, 0.15) is 5.82 Å². The fraction of sp³-hybridized carbons (Fsp3) is 0.478. The number of carbonyl (C=O) groups is 1. The van der Waals surface area contributed by atoms with E-state index in [1.54, 1.807) is 0 Å². The molecular weight excluding hydrogens is 466 g/mol. The predicted molar refractivity (Wildman–Crippen MR) is 104 cm³/mol. The molecule has 3 nitrogen and oxygen atoms in total. The zero-order valence-electron chi connectivity index (χ0n) is 16.0. The van der Waals surface area contributed by atoms with Crippen molar-refractivity contribution in [3.05, 3.63) is 64.7 Å². The third-order valence-corrected chi connectivity index (χ3v) is 7.30. The number of benzene rings is 1. The second-order valence-electron chi connectivity index (χ2n) is 8.07. The maximum atomic E-state index is 13.3. The van der Waals surface area contributed by atoms with Crippen LogP contribution >= 0.6 is 0 Å². The van der Waals surface area contributed by atoms with E-state index in [0.717, 1.165) is 53.5 Å². The van der Waals surface area contributed by atoms with Crippen LogP contribution in [0.1, 0.15) is 77.7 Å². The molecule has 2 aliphatic rings. The first-order chi connectivity index (χ1) is 13.7. The van der Waals surface area contributed by atoms with Gasteiger partial charge in [-0.2, -0.15) is 0 Å². The van der Waals surface area contributed by atoms with Crippen molar-refractivity contribution in [2.45, 2.75) is 56.8 Å². The maximum absolute atomic E-state index is 13.3. The van der Waals surface area contributed by atoms with Gasteiger partial charge in [0.25, 0.3) is 0 Å². The van der Waals surface area contributed by atoms with Gasteiger partial charge >= 0.3 is 155 Å². The van der Waals surface area contributed by atoms with Gasteiger partial charge in [0, 0.05) is 0 Å². The number of Topliss-reactive ketones (excluding diaryl/α,β-unsaturated/α-hetero) is 1. The summed E-state index contributed by atoms with van der Waals surface area (Å²) in [6.07, 6.45) is 6.98.